The summed E-state index contributed by atoms with van der Waals surface area (Å²) >= 11 is 0. The number of likely N-dealkylation sites (tertiary alicyclic amines) is 1. The van der Waals surface area contributed by atoms with E-state index < -0.39 is 0 Å². The van der Waals surface area contributed by atoms with E-state index in [1.165, 1.54) is 0 Å². The first-order valence-electron chi connectivity index (χ1n) is 8.58. The first-order valence-corrected chi connectivity index (χ1v) is 8.58. The van der Waals surface area contributed by atoms with Crippen molar-refractivity contribution in [3.05, 3.63) is 11.9 Å². The lowest BCUT2D eigenvalue weighted by atomic mass is 10.1. The first-order chi connectivity index (χ1) is 11.3. The van der Waals surface area contributed by atoms with Gasteiger partial charge >= 0.3 is 0 Å². The van der Waals surface area contributed by atoms with Gasteiger partial charge in [0, 0.05) is 18.5 Å². The molecule has 9 heteroatoms. The van der Waals surface area contributed by atoms with Crippen LogP contribution in [0.4, 0.5) is 0 Å². The highest BCUT2D eigenvalue weighted by atomic mass is 35.5. The van der Waals surface area contributed by atoms with Crippen LogP contribution in [0.15, 0.2) is 6.20 Å². The minimum atomic E-state index is -0.260. The third-order valence-corrected chi connectivity index (χ3v) is 4.70. The summed E-state index contributed by atoms with van der Waals surface area (Å²) in [4.78, 5) is 26.3. The molecule has 1 unspecified atom stereocenters. The molecule has 2 N–H and O–H groups in total. The zero-order valence-corrected chi connectivity index (χ0v) is 15.8. The van der Waals surface area contributed by atoms with Gasteiger partial charge in [-0.2, -0.15) is 0 Å². The normalized spacial score (nSPS) is 22.0. The molecule has 25 heavy (non-hydrogen) atoms. The van der Waals surface area contributed by atoms with Gasteiger partial charge in [0.05, 0.1) is 18.3 Å². The summed E-state index contributed by atoms with van der Waals surface area (Å²) in [5.74, 6) is -0.185. The van der Waals surface area contributed by atoms with Crippen LogP contribution < -0.4 is 10.6 Å². The second-order valence-electron chi connectivity index (χ2n) is 7.61. The van der Waals surface area contributed by atoms with Gasteiger partial charge in [0.2, 0.25) is 5.91 Å². The Bertz CT molecular complexity index is 620. The maximum Gasteiger partial charge on any atom is 0.273 e. The van der Waals surface area contributed by atoms with Crippen molar-refractivity contribution in [2.24, 2.45) is 0 Å². The third-order valence-electron chi connectivity index (χ3n) is 4.70. The third kappa shape index (κ3) is 4.49. The molecule has 2 aliphatic heterocycles. The molecule has 1 aromatic rings. The summed E-state index contributed by atoms with van der Waals surface area (Å²) in [6.45, 7) is 8.45. The van der Waals surface area contributed by atoms with E-state index in [1.807, 2.05) is 25.7 Å². The molecule has 2 aliphatic rings. The number of piperidine rings is 1. The quantitative estimate of drug-likeness (QED) is 0.819. The number of nitrogens with zero attached hydrogens (tertiary/aromatic N) is 4. The van der Waals surface area contributed by atoms with Gasteiger partial charge in [0.25, 0.3) is 5.91 Å². The van der Waals surface area contributed by atoms with E-state index >= 15 is 0 Å². The van der Waals surface area contributed by atoms with Crippen molar-refractivity contribution < 1.29 is 9.59 Å². The van der Waals surface area contributed by atoms with Crippen LogP contribution in [0.5, 0.6) is 0 Å². The molecular weight excluding hydrogens is 344 g/mol. The standard InChI is InChI=1S/C16H26N6O2.ClH/c1-16(2,3)21-9-11(8-14(21)23)18-15(24)13-10-22(20-19-13)12-4-6-17-7-5-12;/h10-12,17H,4-9H2,1-3H3,(H,18,24);1H. The average Bonchev–Trinajstić information content (AvgIpc) is 3.14. The highest BCUT2D eigenvalue weighted by molar-refractivity contribution is 5.93. The molecule has 0 aromatic carbocycles. The highest BCUT2D eigenvalue weighted by Gasteiger charge is 2.37. The van der Waals surface area contributed by atoms with Crippen LogP contribution in [-0.2, 0) is 4.79 Å². The van der Waals surface area contributed by atoms with Crippen molar-refractivity contribution in [1.29, 1.82) is 0 Å². The SMILES string of the molecule is CC(C)(C)N1CC(NC(=O)c2cn(C3CCNCC3)nn2)CC1=O.Cl. The molecule has 1 atom stereocenters. The predicted octanol–water partition coefficient (Wildman–Crippen LogP) is 0.754. The summed E-state index contributed by atoms with van der Waals surface area (Å²) in [6, 6.07) is 0.123. The highest BCUT2D eigenvalue weighted by Crippen LogP contribution is 2.22. The predicted molar refractivity (Wildman–Crippen MR) is 95.7 cm³/mol. The average molecular weight is 371 g/mol. The van der Waals surface area contributed by atoms with Crippen molar-refractivity contribution >= 4 is 24.2 Å². The molecule has 0 bridgehead atoms. The molecule has 1 aromatic heterocycles. The molecule has 2 amide bonds. The molecular formula is C16H27ClN6O2. The number of hydrogen-bond donors (Lipinski definition) is 2. The number of hydrogen-bond acceptors (Lipinski definition) is 5. The van der Waals surface area contributed by atoms with Crippen LogP contribution in [0, 0.1) is 0 Å². The summed E-state index contributed by atoms with van der Waals surface area (Å²) in [6.07, 6.45) is 4.03. The molecule has 0 aliphatic carbocycles. The van der Waals surface area contributed by atoms with E-state index in [0.29, 0.717) is 24.7 Å². The van der Waals surface area contributed by atoms with E-state index in [4.69, 9.17) is 0 Å². The fourth-order valence-electron chi connectivity index (χ4n) is 3.34. The zero-order valence-electron chi connectivity index (χ0n) is 15.0. The maximum absolute atomic E-state index is 12.4. The van der Waals surface area contributed by atoms with Crippen LogP contribution in [-0.4, -0.2) is 62.9 Å². The van der Waals surface area contributed by atoms with Crippen LogP contribution in [0.3, 0.4) is 0 Å². The number of carbonyl (C=O) groups is 2. The Hall–Kier alpha value is -1.67. The van der Waals surface area contributed by atoms with Gasteiger partial charge in [-0.05, 0) is 46.7 Å². The number of aromatic nitrogens is 3. The largest absolute Gasteiger partial charge is 0.346 e. The van der Waals surface area contributed by atoms with Gasteiger partial charge in [-0.1, -0.05) is 5.21 Å². The fourth-order valence-corrected chi connectivity index (χ4v) is 3.34. The van der Waals surface area contributed by atoms with E-state index in [-0.39, 0.29) is 35.8 Å². The number of halogens is 1. The van der Waals surface area contributed by atoms with Gasteiger partial charge < -0.3 is 15.5 Å². The second kappa shape index (κ2) is 7.70. The summed E-state index contributed by atoms with van der Waals surface area (Å²) in [5.41, 5.74) is 0.0875. The Morgan fingerprint density at radius 1 is 1.32 bits per heavy atom. The van der Waals surface area contributed by atoms with Gasteiger partial charge in [0.15, 0.2) is 5.69 Å². The van der Waals surface area contributed by atoms with E-state index in [2.05, 4.69) is 20.9 Å². The molecule has 2 saturated heterocycles. The Kier molecular flexibility index (Phi) is 6.05. The lowest BCUT2D eigenvalue weighted by molar-refractivity contribution is -0.131. The van der Waals surface area contributed by atoms with Crippen LogP contribution in [0.25, 0.3) is 0 Å². The van der Waals surface area contributed by atoms with Crippen LogP contribution in [0.1, 0.15) is 56.6 Å². The molecule has 8 nitrogen and oxygen atoms in total. The van der Waals surface area contributed by atoms with Crippen molar-refractivity contribution in [3.63, 3.8) is 0 Å². The molecule has 2 fully saturated rings. The summed E-state index contributed by atoms with van der Waals surface area (Å²) < 4.78 is 1.79. The van der Waals surface area contributed by atoms with E-state index in [0.717, 1.165) is 25.9 Å². The monoisotopic (exact) mass is 370 g/mol. The lowest BCUT2D eigenvalue weighted by Crippen LogP contribution is -2.44. The number of nitrogens with one attached hydrogen (secondary N) is 2. The molecule has 0 spiro atoms. The molecule has 3 heterocycles. The topological polar surface area (TPSA) is 92.2 Å². The van der Waals surface area contributed by atoms with Gasteiger partial charge in [0.1, 0.15) is 0 Å². The fraction of sp³-hybridized carbons (Fsp3) is 0.750. The van der Waals surface area contributed by atoms with Gasteiger partial charge in [-0.3, -0.25) is 9.59 Å². The van der Waals surface area contributed by atoms with Gasteiger partial charge in [-0.25, -0.2) is 4.68 Å². The Balaban J connectivity index is 0.00000225. The minimum Gasteiger partial charge on any atom is -0.346 e. The molecule has 0 saturated carbocycles. The van der Waals surface area contributed by atoms with Crippen LogP contribution in [0.2, 0.25) is 0 Å². The Morgan fingerprint density at radius 3 is 2.60 bits per heavy atom. The van der Waals surface area contributed by atoms with E-state index in [9.17, 15) is 9.59 Å². The minimum absolute atomic E-state index is 0. The lowest BCUT2D eigenvalue weighted by Gasteiger charge is -2.32. The number of carbonyl (C=O) groups excluding carboxylic acids is 2. The van der Waals surface area contributed by atoms with Gasteiger partial charge in [-0.15, -0.1) is 17.5 Å². The zero-order chi connectivity index (χ0) is 17.3. The molecule has 0 radical (unpaired) electrons. The molecule has 140 valence electrons. The summed E-state index contributed by atoms with van der Waals surface area (Å²) in [7, 11) is 0. The van der Waals surface area contributed by atoms with Crippen molar-refractivity contribution in [2.75, 3.05) is 19.6 Å². The summed E-state index contributed by atoms with van der Waals surface area (Å²) in [5, 5.41) is 14.3. The van der Waals surface area contributed by atoms with E-state index in [1.54, 1.807) is 10.9 Å². The number of rotatable bonds is 3. The first kappa shape index (κ1) is 19.7. The number of amides is 2. The molecule has 3 rings (SSSR count). The Morgan fingerprint density at radius 2 is 2.00 bits per heavy atom. The van der Waals surface area contributed by atoms with Crippen LogP contribution >= 0.6 is 12.4 Å². The van der Waals surface area contributed by atoms with Crippen molar-refractivity contribution in [2.45, 2.75) is 57.7 Å². The Labute approximate surface area is 154 Å². The second-order valence-corrected chi connectivity index (χ2v) is 7.61. The van der Waals surface area contributed by atoms with Crippen molar-refractivity contribution in [3.8, 4) is 0 Å². The smallest absolute Gasteiger partial charge is 0.273 e. The maximum atomic E-state index is 12.4. The van der Waals surface area contributed by atoms with Crippen molar-refractivity contribution in [1.82, 2.24) is 30.5 Å².